The Morgan fingerprint density at radius 1 is 1.22 bits per heavy atom. The van der Waals surface area contributed by atoms with E-state index >= 15 is 0 Å². The summed E-state index contributed by atoms with van der Waals surface area (Å²) in [6, 6.07) is -1.29. The summed E-state index contributed by atoms with van der Waals surface area (Å²) in [7, 11) is 0. The second-order valence-corrected chi connectivity index (χ2v) is 7.33. The van der Waals surface area contributed by atoms with Crippen molar-refractivity contribution in [2.24, 2.45) is 5.92 Å². The molecule has 2 aliphatic heterocycles. The Labute approximate surface area is 133 Å². The monoisotopic (exact) mass is 333 g/mol. The van der Waals surface area contributed by atoms with Gasteiger partial charge in [0, 0.05) is 4.92 Å². The Hall–Kier alpha value is -0.840. The second-order valence-electron chi connectivity index (χ2n) is 7.33. The molecule has 0 radical (unpaired) electrons. The molecule has 2 N–H and O–H groups in total. The zero-order valence-electron chi connectivity index (χ0n) is 13.6. The molecule has 2 heterocycles. The fourth-order valence-electron chi connectivity index (χ4n) is 3.95. The molecule has 2 saturated heterocycles. The van der Waals surface area contributed by atoms with E-state index in [9.17, 15) is 20.3 Å². The van der Waals surface area contributed by atoms with E-state index in [4.69, 9.17) is 18.9 Å². The van der Waals surface area contributed by atoms with Crippen LogP contribution in [-0.4, -0.2) is 69.9 Å². The average Bonchev–Trinajstić information content (AvgIpc) is 2.91. The number of nitro groups is 1. The first-order valence-electron chi connectivity index (χ1n) is 7.65. The van der Waals surface area contributed by atoms with E-state index in [0.717, 1.165) is 0 Å². The molecule has 23 heavy (non-hydrogen) atoms. The molecule has 9 nitrogen and oxygen atoms in total. The first kappa shape index (κ1) is 17.0. The third-order valence-corrected chi connectivity index (χ3v) is 4.83. The molecular weight excluding hydrogens is 310 g/mol. The topological polar surface area (TPSA) is 121 Å². The zero-order chi connectivity index (χ0) is 17.2. The molecule has 9 heteroatoms. The molecule has 3 aliphatic rings. The first-order chi connectivity index (χ1) is 10.5. The SMILES string of the molecule is CC1(C)O[C@H]2[C@H]([N+](=O)[O-])[C@@H](CO)[C@@H](O)[C@@]3(COC(C)(C)O3)[C@H]2O1. The molecule has 1 spiro atoms. The number of ether oxygens (including phenoxy) is 4. The molecule has 1 saturated carbocycles. The van der Waals surface area contributed by atoms with Crippen LogP contribution in [0.2, 0.25) is 0 Å². The molecule has 3 rings (SSSR count). The Kier molecular flexibility index (Phi) is 3.75. The van der Waals surface area contributed by atoms with E-state index in [1.807, 2.05) is 0 Å². The summed E-state index contributed by atoms with van der Waals surface area (Å²) in [5.41, 5.74) is -1.32. The number of aliphatic hydroxyl groups is 2. The Morgan fingerprint density at radius 3 is 2.35 bits per heavy atom. The average molecular weight is 333 g/mol. The van der Waals surface area contributed by atoms with Gasteiger partial charge in [0.1, 0.15) is 6.10 Å². The summed E-state index contributed by atoms with van der Waals surface area (Å²) < 4.78 is 23.1. The van der Waals surface area contributed by atoms with E-state index in [2.05, 4.69) is 0 Å². The van der Waals surface area contributed by atoms with Crippen LogP contribution in [0.4, 0.5) is 0 Å². The summed E-state index contributed by atoms with van der Waals surface area (Å²) in [6.45, 7) is 6.12. The van der Waals surface area contributed by atoms with Gasteiger partial charge < -0.3 is 29.2 Å². The summed E-state index contributed by atoms with van der Waals surface area (Å²) in [5, 5.41) is 32.0. The molecule has 0 aromatic carbocycles. The van der Waals surface area contributed by atoms with Gasteiger partial charge in [0.2, 0.25) is 6.04 Å². The van der Waals surface area contributed by atoms with Crippen molar-refractivity contribution in [3.8, 4) is 0 Å². The van der Waals surface area contributed by atoms with Crippen LogP contribution in [0.25, 0.3) is 0 Å². The van der Waals surface area contributed by atoms with Crippen molar-refractivity contribution in [3.05, 3.63) is 10.1 Å². The van der Waals surface area contributed by atoms with Crippen LogP contribution in [0.3, 0.4) is 0 Å². The van der Waals surface area contributed by atoms with Crippen molar-refractivity contribution >= 4 is 0 Å². The van der Waals surface area contributed by atoms with Crippen LogP contribution in [0.15, 0.2) is 0 Å². The molecule has 0 aromatic heterocycles. The summed E-state index contributed by atoms with van der Waals surface area (Å²) in [4.78, 5) is 11.0. The van der Waals surface area contributed by atoms with Crippen LogP contribution in [-0.2, 0) is 18.9 Å². The van der Waals surface area contributed by atoms with E-state index in [1.165, 1.54) is 0 Å². The molecule has 1 aliphatic carbocycles. The highest BCUT2D eigenvalue weighted by atomic mass is 16.8. The van der Waals surface area contributed by atoms with Crippen LogP contribution >= 0.6 is 0 Å². The lowest BCUT2D eigenvalue weighted by molar-refractivity contribution is -0.556. The number of hydrogen-bond donors (Lipinski definition) is 2. The molecule has 132 valence electrons. The predicted octanol–water partition coefficient (Wildman–Crippen LogP) is -0.344. The van der Waals surface area contributed by atoms with Gasteiger partial charge in [0.05, 0.1) is 25.2 Å². The summed E-state index contributed by atoms with van der Waals surface area (Å²) in [6.07, 6.45) is -3.13. The van der Waals surface area contributed by atoms with Gasteiger partial charge in [-0.05, 0) is 27.7 Å². The standard InChI is InChI=1S/C14H23NO8/c1-12(2)20-6-14(23-12)10(17)7(5-16)8(15(18)19)9-11(14)22-13(3,4)21-9/h7-11,16-17H,5-6H2,1-4H3/t7-,8-,9+,10-,11+,14+/m1/s1. The zero-order valence-corrected chi connectivity index (χ0v) is 13.6. The molecule has 0 bridgehead atoms. The maximum absolute atomic E-state index is 11.5. The molecule has 0 aromatic rings. The number of nitrogens with zero attached hydrogens (tertiary/aromatic N) is 1. The number of hydrogen-bond acceptors (Lipinski definition) is 8. The smallest absolute Gasteiger partial charge is 0.249 e. The van der Waals surface area contributed by atoms with E-state index in [-0.39, 0.29) is 6.61 Å². The van der Waals surface area contributed by atoms with E-state index in [1.54, 1.807) is 27.7 Å². The predicted molar refractivity (Wildman–Crippen MR) is 75.0 cm³/mol. The van der Waals surface area contributed by atoms with Crippen LogP contribution in [0.1, 0.15) is 27.7 Å². The number of aliphatic hydroxyl groups excluding tert-OH is 2. The Morgan fingerprint density at radius 2 is 1.87 bits per heavy atom. The van der Waals surface area contributed by atoms with Gasteiger partial charge in [-0.2, -0.15) is 0 Å². The highest BCUT2D eigenvalue weighted by molar-refractivity contribution is 5.14. The van der Waals surface area contributed by atoms with Gasteiger partial charge in [-0.15, -0.1) is 0 Å². The molecule has 6 atom stereocenters. The maximum Gasteiger partial charge on any atom is 0.249 e. The Balaban J connectivity index is 2.06. The highest BCUT2D eigenvalue weighted by Crippen LogP contribution is 2.50. The van der Waals surface area contributed by atoms with Crippen molar-refractivity contribution in [1.29, 1.82) is 0 Å². The van der Waals surface area contributed by atoms with E-state index < -0.39 is 59.0 Å². The van der Waals surface area contributed by atoms with Crippen LogP contribution in [0, 0.1) is 16.0 Å². The Bertz CT molecular complexity index is 509. The van der Waals surface area contributed by atoms with Gasteiger partial charge in [-0.3, -0.25) is 10.1 Å². The summed E-state index contributed by atoms with van der Waals surface area (Å²) >= 11 is 0. The fourth-order valence-corrected chi connectivity index (χ4v) is 3.95. The van der Waals surface area contributed by atoms with Crippen molar-refractivity contribution < 1.29 is 34.1 Å². The first-order valence-corrected chi connectivity index (χ1v) is 7.65. The molecule has 3 fully saturated rings. The van der Waals surface area contributed by atoms with Crippen molar-refractivity contribution in [3.63, 3.8) is 0 Å². The lowest BCUT2D eigenvalue weighted by atomic mass is 9.70. The molecule has 0 unspecified atom stereocenters. The lowest BCUT2D eigenvalue weighted by Crippen LogP contribution is -2.71. The summed E-state index contributed by atoms with van der Waals surface area (Å²) in [5.74, 6) is -3.07. The maximum atomic E-state index is 11.5. The van der Waals surface area contributed by atoms with Gasteiger partial charge >= 0.3 is 0 Å². The molecular formula is C14H23NO8. The third-order valence-electron chi connectivity index (χ3n) is 4.83. The normalized spacial score (nSPS) is 47.7. The lowest BCUT2D eigenvalue weighted by Gasteiger charge is -2.47. The van der Waals surface area contributed by atoms with Gasteiger partial charge in [0.25, 0.3) is 0 Å². The number of rotatable bonds is 2. The number of fused-ring (bicyclic) bond motifs is 2. The largest absolute Gasteiger partial charge is 0.396 e. The van der Waals surface area contributed by atoms with Gasteiger partial charge in [-0.1, -0.05) is 0 Å². The van der Waals surface area contributed by atoms with E-state index in [0.29, 0.717) is 0 Å². The van der Waals surface area contributed by atoms with Crippen LogP contribution in [0.5, 0.6) is 0 Å². The minimum absolute atomic E-state index is 0.00269. The highest BCUT2D eigenvalue weighted by Gasteiger charge is 2.72. The fraction of sp³-hybridized carbons (Fsp3) is 1.00. The van der Waals surface area contributed by atoms with Crippen molar-refractivity contribution in [2.45, 2.75) is 69.2 Å². The quantitative estimate of drug-likeness (QED) is 0.520. The third kappa shape index (κ3) is 2.46. The minimum Gasteiger partial charge on any atom is -0.396 e. The second kappa shape index (κ2) is 5.08. The van der Waals surface area contributed by atoms with Crippen LogP contribution < -0.4 is 0 Å². The minimum atomic E-state index is -1.32. The van der Waals surface area contributed by atoms with Gasteiger partial charge in [-0.25, -0.2) is 0 Å². The molecule has 0 amide bonds. The van der Waals surface area contributed by atoms with Gasteiger partial charge in [0.15, 0.2) is 23.3 Å². The van der Waals surface area contributed by atoms with Crippen molar-refractivity contribution in [2.75, 3.05) is 13.2 Å². The van der Waals surface area contributed by atoms with Crippen molar-refractivity contribution in [1.82, 2.24) is 0 Å².